The molecule has 0 unspecified atom stereocenters. The molecule has 0 aromatic heterocycles. The van der Waals surface area contributed by atoms with E-state index in [4.69, 9.17) is 4.74 Å². The predicted molar refractivity (Wildman–Crippen MR) is 32.2 cm³/mol. The largest absolute Gasteiger partial charge is 0.488 e. The highest BCUT2D eigenvalue weighted by molar-refractivity contribution is 5.20. The van der Waals surface area contributed by atoms with E-state index >= 15 is 0 Å². The zero-order valence-electron chi connectivity index (χ0n) is 4.90. The van der Waals surface area contributed by atoms with E-state index in [1.54, 1.807) is 0 Å². The molecule has 0 atom stereocenters. The maximum Gasteiger partial charge on any atom is 0.128 e. The van der Waals surface area contributed by atoms with Crippen LogP contribution >= 0.6 is 0 Å². The minimum atomic E-state index is 0.648. The number of rotatable bonds is 1. The van der Waals surface area contributed by atoms with Crippen LogP contribution in [0.2, 0.25) is 0 Å². The molecular weight excluding hydrogens is 102 g/mol. The van der Waals surface area contributed by atoms with E-state index in [2.05, 4.69) is 11.9 Å². The molecule has 0 aliphatic carbocycles. The lowest BCUT2D eigenvalue weighted by Gasteiger charge is -1.95. The fraction of sp³-hybridized carbons (Fsp3) is 0.333. The summed E-state index contributed by atoms with van der Waals surface area (Å²) >= 11 is 0. The number of likely N-dealkylation sites (N-methyl/N-ethyl adjacent to an activating group) is 1. The van der Waals surface area contributed by atoms with Crippen LogP contribution in [0.15, 0.2) is 24.1 Å². The fourth-order valence-corrected chi connectivity index (χ4v) is 0.592. The Bertz CT molecular complexity index is 137. The molecule has 0 aromatic carbocycles. The van der Waals surface area contributed by atoms with E-state index in [1.807, 2.05) is 13.1 Å². The molecule has 44 valence electrons. The van der Waals surface area contributed by atoms with Crippen molar-refractivity contribution in [2.45, 2.75) is 0 Å². The molecule has 1 heterocycles. The van der Waals surface area contributed by atoms with Gasteiger partial charge in [-0.25, -0.2) is 0 Å². The van der Waals surface area contributed by atoms with Gasteiger partial charge in [0.05, 0.1) is 5.70 Å². The quantitative estimate of drug-likeness (QED) is 0.536. The maximum atomic E-state index is 5.01. The van der Waals surface area contributed by atoms with Crippen molar-refractivity contribution in [3.8, 4) is 0 Å². The summed E-state index contributed by atoms with van der Waals surface area (Å²) in [5.74, 6) is 0.745. The van der Waals surface area contributed by atoms with Gasteiger partial charge in [0.25, 0.3) is 0 Å². The van der Waals surface area contributed by atoms with Gasteiger partial charge in [0.1, 0.15) is 12.4 Å². The zero-order chi connectivity index (χ0) is 5.98. The first-order valence-corrected chi connectivity index (χ1v) is 2.53. The number of hydrogen-bond acceptors (Lipinski definition) is 2. The summed E-state index contributed by atoms with van der Waals surface area (Å²) in [5, 5.41) is 2.97. The van der Waals surface area contributed by atoms with Crippen molar-refractivity contribution in [1.29, 1.82) is 0 Å². The van der Waals surface area contributed by atoms with E-state index in [9.17, 15) is 0 Å². The fourth-order valence-electron chi connectivity index (χ4n) is 0.592. The summed E-state index contributed by atoms with van der Waals surface area (Å²) in [6.45, 7) is 4.26. The normalized spacial score (nSPS) is 17.6. The average Bonchev–Trinajstić information content (AvgIpc) is 2.14. The maximum absolute atomic E-state index is 5.01. The summed E-state index contributed by atoms with van der Waals surface area (Å²) in [6.07, 6.45) is 1.89. The third-order valence-corrected chi connectivity index (χ3v) is 1.07. The Morgan fingerprint density at radius 2 is 2.62 bits per heavy atom. The molecule has 2 heteroatoms. The zero-order valence-corrected chi connectivity index (χ0v) is 4.90. The minimum absolute atomic E-state index is 0.648. The highest BCUT2D eigenvalue weighted by Crippen LogP contribution is 2.08. The summed E-state index contributed by atoms with van der Waals surface area (Å²) < 4.78 is 5.01. The smallest absolute Gasteiger partial charge is 0.128 e. The van der Waals surface area contributed by atoms with Gasteiger partial charge in [0, 0.05) is 13.1 Å². The van der Waals surface area contributed by atoms with Crippen LogP contribution in [-0.4, -0.2) is 13.7 Å². The van der Waals surface area contributed by atoms with Crippen LogP contribution in [0.3, 0.4) is 0 Å². The van der Waals surface area contributed by atoms with Crippen LogP contribution in [0.5, 0.6) is 0 Å². The van der Waals surface area contributed by atoms with Crippen LogP contribution in [-0.2, 0) is 4.74 Å². The highest BCUT2D eigenvalue weighted by Gasteiger charge is 2.03. The molecule has 0 amide bonds. The van der Waals surface area contributed by atoms with Crippen molar-refractivity contribution < 1.29 is 4.74 Å². The molecule has 0 saturated heterocycles. The molecule has 1 aliphatic rings. The first-order valence-electron chi connectivity index (χ1n) is 2.53. The minimum Gasteiger partial charge on any atom is -0.488 e. The monoisotopic (exact) mass is 111 g/mol. The topological polar surface area (TPSA) is 21.3 Å². The van der Waals surface area contributed by atoms with E-state index in [0.29, 0.717) is 6.61 Å². The van der Waals surface area contributed by atoms with Crippen LogP contribution in [0, 0.1) is 0 Å². The SMILES string of the molecule is C=C1C=C(NC)CO1. The van der Waals surface area contributed by atoms with E-state index in [-0.39, 0.29) is 0 Å². The molecule has 0 saturated carbocycles. The third kappa shape index (κ3) is 0.832. The van der Waals surface area contributed by atoms with Gasteiger partial charge in [-0.05, 0) is 0 Å². The molecule has 0 aromatic rings. The third-order valence-electron chi connectivity index (χ3n) is 1.07. The molecule has 0 bridgehead atoms. The van der Waals surface area contributed by atoms with Crippen LogP contribution in [0.25, 0.3) is 0 Å². The molecular formula is C6H9NO. The van der Waals surface area contributed by atoms with Gasteiger partial charge in [-0.15, -0.1) is 0 Å². The van der Waals surface area contributed by atoms with Crippen molar-refractivity contribution in [1.82, 2.24) is 5.32 Å². The highest BCUT2D eigenvalue weighted by atomic mass is 16.5. The second-order valence-electron chi connectivity index (χ2n) is 1.67. The Kier molecular flexibility index (Phi) is 1.24. The average molecular weight is 111 g/mol. The molecule has 0 spiro atoms. The standard InChI is InChI=1S/C6H9NO/c1-5-3-6(7-2)4-8-5/h3,7H,1,4H2,2H3. The molecule has 1 aliphatic heterocycles. The van der Waals surface area contributed by atoms with Gasteiger partial charge in [-0.3, -0.25) is 0 Å². The van der Waals surface area contributed by atoms with Gasteiger partial charge in [0.15, 0.2) is 0 Å². The summed E-state index contributed by atoms with van der Waals surface area (Å²) in [5.41, 5.74) is 1.09. The lowest BCUT2D eigenvalue weighted by molar-refractivity contribution is 0.271. The molecule has 0 radical (unpaired) electrons. The van der Waals surface area contributed by atoms with Crippen molar-refractivity contribution in [2.24, 2.45) is 0 Å². The van der Waals surface area contributed by atoms with Gasteiger partial charge in [-0.2, -0.15) is 0 Å². The van der Waals surface area contributed by atoms with E-state index in [1.165, 1.54) is 0 Å². The first kappa shape index (κ1) is 5.22. The lowest BCUT2D eigenvalue weighted by Crippen LogP contribution is -2.05. The Morgan fingerprint density at radius 1 is 1.88 bits per heavy atom. The van der Waals surface area contributed by atoms with Crippen LogP contribution < -0.4 is 5.32 Å². The summed E-state index contributed by atoms with van der Waals surface area (Å²) in [7, 11) is 1.87. The Labute approximate surface area is 48.8 Å². The number of ether oxygens (including phenoxy) is 1. The Hall–Kier alpha value is -0.920. The summed E-state index contributed by atoms with van der Waals surface area (Å²) in [6, 6.07) is 0. The predicted octanol–water partition coefficient (Wildman–Crippen LogP) is 0.634. The second-order valence-corrected chi connectivity index (χ2v) is 1.67. The van der Waals surface area contributed by atoms with Gasteiger partial charge < -0.3 is 10.1 Å². The molecule has 8 heavy (non-hydrogen) atoms. The van der Waals surface area contributed by atoms with Crippen molar-refractivity contribution >= 4 is 0 Å². The molecule has 1 N–H and O–H groups in total. The van der Waals surface area contributed by atoms with Gasteiger partial charge >= 0.3 is 0 Å². The molecule has 1 rings (SSSR count). The van der Waals surface area contributed by atoms with Gasteiger partial charge in [0.2, 0.25) is 0 Å². The second kappa shape index (κ2) is 1.90. The molecule has 2 nitrogen and oxygen atoms in total. The summed E-state index contributed by atoms with van der Waals surface area (Å²) in [4.78, 5) is 0. The van der Waals surface area contributed by atoms with E-state index < -0.39 is 0 Å². The number of nitrogens with one attached hydrogen (secondary N) is 1. The van der Waals surface area contributed by atoms with Crippen molar-refractivity contribution in [3.05, 3.63) is 24.1 Å². The first-order chi connectivity index (χ1) is 3.83. The van der Waals surface area contributed by atoms with Crippen LogP contribution in [0.4, 0.5) is 0 Å². The van der Waals surface area contributed by atoms with Crippen LogP contribution in [0.1, 0.15) is 0 Å². The Morgan fingerprint density at radius 3 is 2.88 bits per heavy atom. The van der Waals surface area contributed by atoms with Gasteiger partial charge in [-0.1, -0.05) is 6.58 Å². The molecule has 0 fully saturated rings. The number of hydrogen-bond donors (Lipinski definition) is 1. The van der Waals surface area contributed by atoms with Crippen molar-refractivity contribution in [3.63, 3.8) is 0 Å². The van der Waals surface area contributed by atoms with Crippen molar-refractivity contribution in [2.75, 3.05) is 13.7 Å². The van der Waals surface area contributed by atoms with E-state index in [0.717, 1.165) is 11.5 Å². The lowest BCUT2D eigenvalue weighted by atomic mass is 10.4. The number of allylic oxidation sites excluding steroid dienone is 1. The Balaban J connectivity index is 2.57.